The van der Waals surface area contributed by atoms with Crippen LogP contribution >= 0.6 is 0 Å². The van der Waals surface area contributed by atoms with E-state index in [2.05, 4.69) is 20.5 Å². The average Bonchev–Trinajstić information content (AvgIpc) is 2.82. The Morgan fingerprint density at radius 3 is 2.76 bits per heavy atom. The van der Waals surface area contributed by atoms with Crippen molar-refractivity contribution in [2.24, 2.45) is 0 Å². The van der Waals surface area contributed by atoms with Crippen molar-refractivity contribution in [2.75, 3.05) is 14.1 Å². The normalized spacial score (nSPS) is 12.0. The van der Waals surface area contributed by atoms with Crippen molar-refractivity contribution in [3.8, 4) is 0 Å². The molecule has 7 nitrogen and oxygen atoms in total. The number of aryl methyl sites for hydroxylation is 1. The first-order valence-corrected chi connectivity index (χ1v) is 7.95. The standard InChI is InChI=1S/C13H19N5O2S/c1-10-12(8-14-2)13(17-16-10)21(19,20)18(3)9-11-6-4-5-7-15-11/h4-7,14H,8-9H2,1-3H3,(H,16,17). The van der Waals surface area contributed by atoms with Crippen LogP contribution in [-0.2, 0) is 23.1 Å². The summed E-state index contributed by atoms with van der Waals surface area (Å²) >= 11 is 0. The van der Waals surface area contributed by atoms with E-state index in [1.807, 2.05) is 6.07 Å². The number of sulfonamides is 1. The fourth-order valence-corrected chi connectivity index (χ4v) is 3.28. The van der Waals surface area contributed by atoms with Crippen molar-refractivity contribution in [1.29, 1.82) is 0 Å². The maximum Gasteiger partial charge on any atom is 0.262 e. The summed E-state index contributed by atoms with van der Waals surface area (Å²) in [5, 5.41) is 9.71. The van der Waals surface area contributed by atoms with E-state index >= 15 is 0 Å². The Bertz CT molecular complexity index is 697. The van der Waals surface area contributed by atoms with Crippen LogP contribution in [0.4, 0.5) is 0 Å². The molecule has 0 unspecified atom stereocenters. The number of hydrogen-bond acceptors (Lipinski definition) is 5. The lowest BCUT2D eigenvalue weighted by Crippen LogP contribution is -2.28. The largest absolute Gasteiger partial charge is 0.316 e. The zero-order chi connectivity index (χ0) is 15.5. The molecule has 0 aromatic carbocycles. The first kappa shape index (κ1) is 15.6. The number of nitrogens with zero attached hydrogens (tertiary/aromatic N) is 3. The van der Waals surface area contributed by atoms with Crippen molar-refractivity contribution >= 4 is 10.0 Å². The fourth-order valence-electron chi connectivity index (χ4n) is 1.98. The molecule has 0 aliphatic heterocycles. The van der Waals surface area contributed by atoms with Gasteiger partial charge in [0.25, 0.3) is 10.0 Å². The predicted molar refractivity (Wildman–Crippen MR) is 79.0 cm³/mol. The lowest BCUT2D eigenvalue weighted by Gasteiger charge is -2.16. The molecule has 0 aliphatic carbocycles. The van der Waals surface area contributed by atoms with E-state index in [0.29, 0.717) is 17.8 Å². The van der Waals surface area contributed by atoms with Gasteiger partial charge >= 0.3 is 0 Å². The van der Waals surface area contributed by atoms with Crippen LogP contribution < -0.4 is 5.32 Å². The van der Waals surface area contributed by atoms with Crippen molar-refractivity contribution in [1.82, 2.24) is 24.8 Å². The zero-order valence-electron chi connectivity index (χ0n) is 12.3. The van der Waals surface area contributed by atoms with E-state index in [1.165, 1.54) is 11.4 Å². The van der Waals surface area contributed by atoms with Gasteiger partial charge in [0.1, 0.15) is 0 Å². The van der Waals surface area contributed by atoms with Gasteiger partial charge in [0.05, 0.1) is 12.2 Å². The lowest BCUT2D eigenvalue weighted by atomic mass is 10.3. The Labute approximate surface area is 124 Å². The number of aromatic nitrogens is 3. The van der Waals surface area contributed by atoms with Gasteiger partial charge in [0, 0.05) is 31.0 Å². The number of aromatic amines is 1. The smallest absolute Gasteiger partial charge is 0.262 e. The monoisotopic (exact) mass is 309 g/mol. The maximum atomic E-state index is 12.6. The van der Waals surface area contributed by atoms with Gasteiger partial charge in [-0.3, -0.25) is 10.1 Å². The fraction of sp³-hybridized carbons (Fsp3) is 0.385. The number of rotatable bonds is 6. The number of hydrogen-bond donors (Lipinski definition) is 2. The minimum atomic E-state index is -3.66. The number of H-pyrrole nitrogens is 1. The summed E-state index contributed by atoms with van der Waals surface area (Å²) in [7, 11) is -0.369. The molecule has 0 saturated heterocycles. The second-order valence-electron chi connectivity index (χ2n) is 4.74. The van der Waals surface area contributed by atoms with Crippen LogP contribution in [0.2, 0.25) is 0 Å². The highest BCUT2D eigenvalue weighted by Crippen LogP contribution is 2.20. The van der Waals surface area contributed by atoms with Gasteiger partial charge in [-0.05, 0) is 26.1 Å². The molecule has 2 N–H and O–H groups in total. The van der Waals surface area contributed by atoms with E-state index in [0.717, 1.165) is 5.69 Å². The van der Waals surface area contributed by atoms with Gasteiger partial charge in [-0.25, -0.2) is 8.42 Å². The number of pyridine rings is 1. The summed E-state index contributed by atoms with van der Waals surface area (Å²) in [6, 6.07) is 5.41. The highest BCUT2D eigenvalue weighted by atomic mass is 32.2. The SMILES string of the molecule is CNCc1c(S(=O)(=O)N(C)Cc2ccccn2)n[nH]c1C. The summed E-state index contributed by atoms with van der Waals surface area (Å²) in [6.45, 7) is 2.44. The Morgan fingerprint density at radius 1 is 1.38 bits per heavy atom. The first-order chi connectivity index (χ1) is 9.96. The molecule has 21 heavy (non-hydrogen) atoms. The van der Waals surface area contributed by atoms with Crippen molar-refractivity contribution in [3.63, 3.8) is 0 Å². The van der Waals surface area contributed by atoms with Crippen molar-refractivity contribution in [2.45, 2.75) is 25.0 Å². The highest BCUT2D eigenvalue weighted by molar-refractivity contribution is 7.89. The van der Waals surface area contributed by atoms with Gasteiger partial charge in [0.2, 0.25) is 0 Å². The van der Waals surface area contributed by atoms with Gasteiger partial charge < -0.3 is 5.32 Å². The Hall–Kier alpha value is -1.77. The third kappa shape index (κ3) is 3.29. The molecule has 0 atom stereocenters. The molecule has 0 spiro atoms. The third-order valence-corrected chi connectivity index (χ3v) is 4.93. The molecule has 0 bridgehead atoms. The quantitative estimate of drug-likeness (QED) is 0.818. The molecule has 2 aromatic heterocycles. The molecule has 0 saturated carbocycles. The van der Waals surface area contributed by atoms with E-state index < -0.39 is 10.0 Å². The number of nitrogens with one attached hydrogen (secondary N) is 2. The Kier molecular flexibility index (Phi) is 4.71. The summed E-state index contributed by atoms with van der Waals surface area (Å²) in [5.41, 5.74) is 2.09. The summed E-state index contributed by atoms with van der Waals surface area (Å²) in [6.07, 6.45) is 1.64. The first-order valence-electron chi connectivity index (χ1n) is 6.51. The van der Waals surface area contributed by atoms with Crippen LogP contribution in [0.1, 0.15) is 17.0 Å². The second kappa shape index (κ2) is 6.33. The Balaban J connectivity index is 2.29. The Morgan fingerprint density at radius 2 is 2.14 bits per heavy atom. The summed E-state index contributed by atoms with van der Waals surface area (Å²) < 4.78 is 26.5. The molecule has 2 rings (SSSR count). The van der Waals surface area contributed by atoms with Gasteiger partial charge in [-0.2, -0.15) is 9.40 Å². The van der Waals surface area contributed by atoms with Crippen LogP contribution in [0.5, 0.6) is 0 Å². The van der Waals surface area contributed by atoms with E-state index in [9.17, 15) is 8.42 Å². The van der Waals surface area contributed by atoms with Gasteiger partial charge in [-0.1, -0.05) is 6.07 Å². The van der Waals surface area contributed by atoms with E-state index in [1.54, 1.807) is 32.3 Å². The van der Waals surface area contributed by atoms with Gasteiger partial charge in [0.15, 0.2) is 5.03 Å². The third-order valence-electron chi connectivity index (χ3n) is 3.15. The molecule has 114 valence electrons. The average molecular weight is 309 g/mol. The minimum Gasteiger partial charge on any atom is -0.316 e. The van der Waals surface area contributed by atoms with E-state index in [4.69, 9.17) is 0 Å². The van der Waals surface area contributed by atoms with Crippen LogP contribution in [0.3, 0.4) is 0 Å². The van der Waals surface area contributed by atoms with Crippen LogP contribution in [0.25, 0.3) is 0 Å². The van der Waals surface area contributed by atoms with Crippen molar-refractivity contribution in [3.05, 3.63) is 41.3 Å². The molecule has 0 amide bonds. The van der Waals surface area contributed by atoms with Crippen LogP contribution in [0, 0.1) is 6.92 Å². The summed E-state index contributed by atoms with van der Waals surface area (Å²) in [5.74, 6) is 0. The molecule has 8 heteroatoms. The molecule has 2 aromatic rings. The van der Waals surface area contributed by atoms with Crippen LogP contribution in [0.15, 0.2) is 29.4 Å². The second-order valence-corrected chi connectivity index (χ2v) is 6.70. The van der Waals surface area contributed by atoms with Crippen molar-refractivity contribution < 1.29 is 8.42 Å². The maximum absolute atomic E-state index is 12.6. The minimum absolute atomic E-state index is 0.0628. The molecule has 0 fully saturated rings. The molecule has 2 heterocycles. The lowest BCUT2D eigenvalue weighted by molar-refractivity contribution is 0.458. The predicted octanol–water partition coefficient (Wildman–Crippen LogP) is 0.653. The topological polar surface area (TPSA) is 91.0 Å². The zero-order valence-corrected chi connectivity index (χ0v) is 13.1. The summed E-state index contributed by atoms with van der Waals surface area (Å²) in [4.78, 5) is 4.14. The molecule has 0 radical (unpaired) electrons. The molecular formula is C13H19N5O2S. The molecular weight excluding hydrogens is 290 g/mol. The van der Waals surface area contributed by atoms with Crippen LogP contribution in [-0.4, -0.2) is 42.0 Å². The van der Waals surface area contributed by atoms with Gasteiger partial charge in [-0.15, -0.1) is 0 Å². The highest BCUT2D eigenvalue weighted by Gasteiger charge is 2.28. The molecule has 0 aliphatic rings. The van der Waals surface area contributed by atoms with E-state index in [-0.39, 0.29) is 11.6 Å².